The number of ether oxygens (including phenoxy) is 1. The van der Waals surface area contributed by atoms with Crippen molar-refractivity contribution in [2.24, 2.45) is 22.7 Å². The van der Waals surface area contributed by atoms with Crippen molar-refractivity contribution < 1.29 is 14.3 Å². The first-order valence-electron chi connectivity index (χ1n) is 8.61. The van der Waals surface area contributed by atoms with E-state index in [0.29, 0.717) is 11.8 Å². The molecular formula is C20H24O3. The molecule has 0 spiro atoms. The highest BCUT2D eigenvalue weighted by Crippen LogP contribution is 2.60. The van der Waals surface area contributed by atoms with Gasteiger partial charge in [-0.25, -0.2) is 4.79 Å². The fraction of sp³-hybridized carbons (Fsp3) is 0.600. The molecule has 4 rings (SSSR count). The lowest BCUT2D eigenvalue weighted by Crippen LogP contribution is -2.52. The minimum Gasteiger partial charge on any atom is -0.454 e. The molecule has 23 heavy (non-hydrogen) atoms. The second-order valence-corrected chi connectivity index (χ2v) is 8.36. The number of fused-ring (bicyclic) bond motifs is 4. The molecule has 0 amide bonds. The van der Waals surface area contributed by atoms with Crippen molar-refractivity contribution in [1.82, 2.24) is 0 Å². The summed E-state index contributed by atoms with van der Waals surface area (Å²) in [5.41, 5.74) is 2.94. The molecule has 1 heterocycles. The van der Waals surface area contributed by atoms with Crippen LogP contribution in [0, 0.1) is 22.7 Å². The highest BCUT2D eigenvalue weighted by molar-refractivity contribution is 5.96. The average molecular weight is 312 g/mol. The molecule has 0 radical (unpaired) electrons. The van der Waals surface area contributed by atoms with Gasteiger partial charge in [0.2, 0.25) is 0 Å². The van der Waals surface area contributed by atoms with Crippen molar-refractivity contribution in [3.05, 3.63) is 34.9 Å². The van der Waals surface area contributed by atoms with Crippen molar-refractivity contribution in [3.8, 4) is 0 Å². The molecule has 1 saturated carbocycles. The third-order valence-corrected chi connectivity index (χ3v) is 6.90. The number of hydrogen-bond acceptors (Lipinski definition) is 3. The summed E-state index contributed by atoms with van der Waals surface area (Å²) in [6.45, 7) is 8.33. The fourth-order valence-corrected chi connectivity index (χ4v) is 5.46. The van der Waals surface area contributed by atoms with Gasteiger partial charge in [-0.3, -0.25) is 4.79 Å². The molecule has 1 fully saturated rings. The van der Waals surface area contributed by atoms with Crippen LogP contribution in [0.25, 0.3) is 0 Å². The molecule has 0 saturated heterocycles. The van der Waals surface area contributed by atoms with E-state index < -0.39 is 0 Å². The van der Waals surface area contributed by atoms with Crippen LogP contribution in [0.4, 0.5) is 0 Å². The van der Waals surface area contributed by atoms with Crippen molar-refractivity contribution in [2.45, 2.75) is 53.1 Å². The zero-order chi connectivity index (χ0) is 16.6. The maximum atomic E-state index is 12.4. The summed E-state index contributed by atoms with van der Waals surface area (Å²) >= 11 is 0. The van der Waals surface area contributed by atoms with E-state index in [2.05, 4.69) is 32.9 Å². The predicted octanol–water partition coefficient (Wildman–Crippen LogP) is 3.76. The zero-order valence-corrected chi connectivity index (χ0v) is 14.3. The summed E-state index contributed by atoms with van der Waals surface area (Å²) in [4.78, 5) is 24.3. The minimum absolute atomic E-state index is 0.0318. The van der Waals surface area contributed by atoms with Gasteiger partial charge in [0.25, 0.3) is 0 Å². The average Bonchev–Trinajstić information content (AvgIpc) is 2.77. The lowest BCUT2D eigenvalue weighted by atomic mass is 9.48. The Labute approximate surface area is 137 Å². The standard InChI is InChI=1S/C20H24O3/c1-11-13-9-12-5-6-16-19(2,3)17(21)7-8-20(16,4)14(12)10-15(13)23-18(11)22/h7-9,14-16H,5-6,10H2,1-4H3/t14-,15-,16-,20+/m1/s1. The van der Waals surface area contributed by atoms with E-state index in [1.54, 1.807) is 6.08 Å². The van der Waals surface area contributed by atoms with Crippen LogP contribution in [-0.2, 0) is 14.3 Å². The van der Waals surface area contributed by atoms with Crippen LogP contribution in [0.1, 0.15) is 47.0 Å². The lowest BCUT2D eigenvalue weighted by molar-refractivity contribution is -0.141. The van der Waals surface area contributed by atoms with E-state index in [1.165, 1.54) is 5.57 Å². The molecule has 0 bridgehead atoms. The van der Waals surface area contributed by atoms with Crippen LogP contribution in [0.3, 0.4) is 0 Å². The van der Waals surface area contributed by atoms with E-state index in [0.717, 1.165) is 30.4 Å². The first-order valence-corrected chi connectivity index (χ1v) is 8.61. The van der Waals surface area contributed by atoms with Gasteiger partial charge < -0.3 is 4.74 Å². The zero-order valence-electron chi connectivity index (χ0n) is 14.3. The quantitative estimate of drug-likeness (QED) is 0.640. The number of ketones is 1. The van der Waals surface area contributed by atoms with E-state index in [9.17, 15) is 9.59 Å². The topological polar surface area (TPSA) is 43.4 Å². The maximum Gasteiger partial charge on any atom is 0.334 e. The van der Waals surface area contributed by atoms with Gasteiger partial charge >= 0.3 is 5.97 Å². The third kappa shape index (κ3) is 1.82. The Morgan fingerprint density at radius 3 is 2.70 bits per heavy atom. The Balaban J connectivity index is 1.79. The summed E-state index contributed by atoms with van der Waals surface area (Å²) in [6, 6.07) is 0. The Morgan fingerprint density at radius 2 is 1.96 bits per heavy atom. The molecule has 0 aromatic carbocycles. The van der Waals surface area contributed by atoms with Gasteiger partial charge in [-0.05, 0) is 49.5 Å². The first kappa shape index (κ1) is 14.9. The number of hydrogen-bond donors (Lipinski definition) is 0. The molecule has 3 heteroatoms. The number of esters is 1. The van der Waals surface area contributed by atoms with Gasteiger partial charge in [0.05, 0.1) is 0 Å². The van der Waals surface area contributed by atoms with E-state index in [1.807, 2.05) is 6.92 Å². The van der Waals surface area contributed by atoms with Gasteiger partial charge in [-0.2, -0.15) is 0 Å². The van der Waals surface area contributed by atoms with Crippen molar-refractivity contribution in [1.29, 1.82) is 0 Å². The maximum absolute atomic E-state index is 12.4. The third-order valence-electron chi connectivity index (χ3n) is 6.90. The summed E-state index contributed by atoms with van der Waals surface area (Å²) in [7, 11) is 0. The lowest BCUT2D eigenvalue weighted by Gasteiger charge is -2.55. The molecule has 1 aliphatic heterocycles. The van der Waals surface area contributed by atoms with Gasteiger partial charge in [0.1, 0.15) is 6.10 Å². The Hall–Kier alpha value is -1.64. The number of carbonyl (C=O) groups excluding carboxylic acids is 2. The monoisotopic (exact) mass is 312 g/mol. The first-order chi connectivity index (χ1) is 10.7. The summed E-state index contributed by atoms with van der Waals surface area (Å²) in [5.74, 6) is 0.777. The molecule has 0 N–H and O–H groups in total. The second-order valence-electron chi connectivity index (χ2n) is 8.36. The number of rotatable bonds is 0. The molecule has 3 nitrogen and oxygen atoms in total. The van der Waals surface area contributed by atoms with Crippen molar-refractivity contribution >= 4 is 11.8 Å². The molecule has 0 unspecified atom stereocenters. The Bertz CT molecular complexity index is 706. The van der Waals surface area contributed by atoms with Crippen LogP contribution in [0.5, 0.6) is 0 Å². The van der Waals surface area contributed by atoms with Crippen LogP contribution in [-0.4, -0.2) is 17.9 Å². The van der Waals surface area contributed by atoms with Crippen LogP contribution >= 0.6 is 0 Å². The SMILES string of the molecule is CC1=C2C=C3CC[C@@H]4C(C)(C)C(=O)C=C[C@@]4(C)[C@@H]3C[C@H]2OC1=O. The molecule has 0 aromatic rings. The normalized spacial score (nSPS) is 41.0. The number of allylic oxidation sites excluding steroid dienone is 3. The Kier molecular flexibility index (Phi) is 2.89. The number of carbonyl (C=O) groups is 2. The minimum atomic E-state index is -0.312. The van der Waals surface area contributed by atoms with Gasteiger partial charge in [-0.15, -0.1) is 0 Å². The van der Waals surface area contributed by atoms with Crippen LogP contribution in [0.2, 0.25) is 0 Å². The molecule has 122 valence electrons. The molecule has 0 aromatic heterocycles. The van der Waals surface area contributed by atoms with E-state index in [4.69, 9.17) is 4.74 Å². The predicted molar refractivity (Wildman–Crippen MR) is 87.5 cm³/mol. The summed E-state index contributed by atoms with van der Waals surface area (Å²) in [6.07, 6.45) is 8.96. The van der Waals surface area contributed by atoms with Gasteiger partial charge in [-0.1, -0.05) is 38.5 Å². The van der Waals surface area contributed by atoms with Gasteiger partial charge in [0.15, 0.2) is 5.78 Å². The molecular weight excluding hydrogens is 288 g/mol. The highest BCUT2D eigenvalue weighted by atomic mass is 16.5. The summed E-state index contributed by atoms with van der Waals surface area (Å²) in [5, 5.41) is 0. The van der Waals surface area contributed by atoms with Crippen molar-refractivity contribution in [3.63, 3.8) is 0 Å². The Morgan fingerprint density at radius 1 is 1.22 bits per heavy atom. The van der Waals surface area contributed by atoms with E-state index >= 15 is 0 Å². The van der Waals surface area contributed by atoms with Crippen molar-refractivity contribution in [2.75, 3.05) is 0 Å². The smallest absolute Gasteiger partial charge is 0.334 e. The fourth-order valence-electron chi connectivity index (χ4n) is 5.46. The molecule has 3 aliphatic carbocycles. The van der Waals surface area contributed by atoms with Crippen LogP contribution in [0.15, 0.2) is 34.9 Å². The highest BCUT2D eigenvalue weighted by Gasteiger charge is 2.56. The summed E-state index contributed by atoms with van der Waals surface area (Å²) < 4.78 is 5.58. The molecule has 4 atom stereocenters. The second kappa shape index (κ2) is 4.46. The molecule has 4 aliphatic rings. The van der Waals surface area contributed by atoms with Gasteiger partial charge in [0, 0.05) is 16.6 Å². The van der Waals surface area contributed by atoms with Crippen LogP contribution < -0.4 is 0 Å². The largest absolute Gasteiger partial charge is 0.454 e. The van der Waals surface area contributed by atoms with E-state index in [-0.39, 0.29) is 28.7 Å².